The van der Waals surface area contributed by atoms with Crippen LogP contribution in [-0.4, -0.2) is 44.9 Å². The molecule has 1 saturated carbocycles. The van der Waals surface area contributed by atoms with Crippen molar-refractivity contribution in [2.75, 3.05) is 19.0 Å². The van der Waals surface area contributed by atoms with Crippen LogP contribution in [0.2, 0.25) is 0 Å². The van der Waals surface area contributed by atoms with Crippen molar-refractivity contribution in [1.82, 2.24) is 4.72 Å². The second kappa shape index (κ2) is 8.73. The van der Waals surface area contributed by atoms with Crippen molar-refractivity contribution in [3.8, 4) is 0 Å². The van der Waals surface area contributed by atoms with Gasteiger partial charge in [-0.05, 0) is 37.1 Å². The molecule has 2 rings (SSSR count). The summed E-state index contributed by atoms with van der Waals surface area (Å²) in [6.07, 6.45) is 3.53. The molecule has 0 atom stereocenters. The molecule has 7 nitrogen and oxygen atoms in total. The van der Waals surface area contributed by atoms with Crippen molar-refractivity contribution in [1.29, 1.82) is 0 Å². The zero-order valence-corrected chi connectivity index (χ0v) is 14.2. The van der Waals surface area contributed by atoms with Gasteiger partial charge < -0.3 is 15.1 Å². The van der Waals surface area contributed by atoms with Gasteiger partial charge in [-0.15, -0.1) is 0 Å². The average molecular weight is 344 g/mol. The summed E-state index contributed by atoms with van der Waals surface area (Å²) in [5.74, 6) is 0. The second-order valence-electron chi connectivity index (χ2n) is 5.63. The highest BCUT2D eigenvalue weighted by atomic mass is 32.2. The fourth-order valence-electron chi connectivity index (χ4n) is 2.43. The van der Waals surface area contributed by atoms with Gasteiger partial charge >= 0.3 is 6.16 Å². The van der Waals surface area contributed by atoms with E-state index in [1.165, 1.54) is 6.42 Å². The third-order valence-electron chi connectivity index (χ3n) is 3.59. The summed E-state index contributed by atoms with van der Waals surface area (Å²) >= 11 is 0. The molecule has 1 aliphatic carbocycles. The molecule has 0 aliphatic heterocycles. The minimum atomic E-state index is -3.37. The minimum absolute atomic E-state index is 0.104. The summed E-state index contributed by atoms with van der Waals surface area (Å²) in [4.78, 5) is 10.9. The molecule has 23 heavy (non-hydrogen) atoms. The highest BCUT2D eigenvalue weighted by Gasteiger charge is 2.21. The van der Waals surface area contributed by atoms with E-state index < -0.39 is 16.2 Å². The van der Waals surface area contributed by atoms with Crippen LogP contribution < -0.4 is 9.62 Å². The number of carboxylic acid groups (broad SMARTS) is 2. The number of sulfonamides is 1. The molecule has 1 fully saturated rings. The van der Waals surface area contributed by atoms with E-state index in [1.54, 1.807) is 12.1 Å². The summed E-state index contributed by atoms with van der Waals surface area (Å²) in [6.45, 7) is 0. The molecular formula is C15H24N2O5S. The summed E-state index contributed by atoms with van der Waals surface area (Å²) < 4.78 is 27.3. The first-order valence-electron chi connectivity index (χ1n) is 7.44. The van der Waals surface area contributed by atoms with Crippen LogP contribution in [0.1, 0.15) is 32.1 Å². The van der Waals surface area contributed by atoms with Crippen molar-refractivity contribution in [3.05, 3.63) is 24.3 Å². The Morgan fingerprint density at radius 3 is 2.00 bits per heavy atom. The maximum Gasteiger partial charge on any atom is 0.503 e. The molecule has 0 unspecified atom stereocenters. The van der Waals surface area contributed by atoms with Crippen LogP contribution in [0.5, 0.6) is 0 Å². The predicted molar refractivity (Wildman–Crippen MR) is 88.6 cm³/mol. The van der Waals surface area contributed by atoms with Crippen LogP contribution in [0.15, 0.2) is 29.2 Å². The highest BCUT2D eigenvalue weighted by molar-refractivity contribution is 7.89. The van der Waals surface area contributed by atoms with Crippen molar-refractivity contribution < 1.29 is 23.4 Å². The van der Waals surface area contributed by atoms with Gasteiger partial charge in [-0.2, -0.15) is 0 Å². The van der Waals surface area contributed by atoms with Crippen molar-refractivity contribution in [2.45, 2.75) is 43.0 Å². The van der Waals surface area contributed by atoms with Gasteiger partial charge in [0.25, 0.3) is 0 Å². The summed E-state index contributed by atoms with van der Waals surface area (Å²) in [5.41, 5.74) is 0.997. The molecule has 1 aromatic carbocycles. The Morgan fingerprint density at radius 1 is 1.09 bits per heavy atom. The Hall–Kier alpha value is -1.80. The van der Waals surface area contributed by atoms with Crippen LogP contribution >= 0.6 is 0 Å². The van der Waals surface area contributed by atoms with Crippen LogP contribution in [0, 0.1) is 0 Å². The molecule has 1 aliphatic rings. The molecule has 3 N–H and O–H groups in total. The number of benzene rings is 1. The van der Waals surface area contributed by atoms with Gasteiger partial charge in [-0.3, -0.25) is 0 Å². The second-order valence-corrected chi connectivity index (χ2v) is 7.34. The Bertz CT molecular complexity index is 589. The molecule has 1 aromatic rings. The van der Waals surface area contributed by atoms with E-state index in [-0.39, 0.29) is 6.04 Å². The lowest BCUT2D eigenvalue weighted by Gasteiger charge is -2.22. The molecule has 0 bridgehead atoms. The van der Waals surface area contributed by atoms with Crippen molar-refractivity contribution in [3.63, 3.8) is 0 Å². The maximum atomic E-state index is 12.3. The fourth-order valence-corrected chi connectivity index (χ4v) is 3.74. The molecule has 8 heteroatoms. The maximum absolute atomic E-state index is 12.3. The Kier molecular flexibility index (Phi) is 7.31. The molecule has 0 heterocycles. The quantitative estimate of drug-likeness (QED) is 0.775. The van der Waals surface area contributed by atoms with Crippen molar-refractivity contribution >= 4 is 21.9 Å². The average Bonchev–Trinajstić information content (AvgIpc) is 2.47. The minimum Gasteiger partial charge on any atom is -0.450 e. The lowest BCUT2D eigenvalue weighted by molar-refractivity contribution is 0.137. The number of nitrogens with zero attached hydrogens (tertiary/aromatic N) is 1. The summed E-state index contributed by atoms with van der Waals surface area (Å²) in [5, 5.41) is 13.9. The molecule has 0 spiro atoms. The number of hydrogen-bond donors (Lipinski definition) is 3. The van der Waals surface area contributed by atoms with E-state index in [9.17, 15) is 8.42 Å². The van der Waals surface area contributed by atoms with E-state index in [2.05, 4.69) is 4.72 Å². The Labute approximate surface area is 137 Å². The highest BCUT2D eigenvalue weighted by Crippen LogP contribution is 2.21. The van der Waals surface area contributed by atoms with E-state index in [1.807, 2.05) is 31.1 Å². The first-order chi connectivity index (χ1) is 10.7. The molecule has 0 saturated heterocycles. The van der Waals surface area contributed by atoms with Gasteiger partial charge in [0.05, 0.1) is 4.90 Å². The zero-order chi connectivity index (χ0) is 17.5. The van der Waals surface area contributed by atoms with Crippen LogP contribution in [0.4, 0.5) is 10.5 Å². The topological polar surface area (TPSA) is 107 Å². The van der Waals surface area contributed by atoms with Gasteiger partial charge in [0.15, 0.2) is 0 Å². The van der Waals surface area contributed by atoms with Gasteiger partial charge in [-0.25, -0.2) is 17.9 Å². The van der Waals surface area contributed by atoms with E-state index in [0.717, 1.165) is 31.4 Å². The molecule has 0 aromatic heterocycles. The summed E-state index contributed by atoms with van der Waals surface area (Å²) in [7, 11) is 0.498. The number of anilines is 1. The van der Waals surface area contributed by atoms with Gasteiger partial charge in [0, 0.05) is 25.8 Å². The Morgan fingerprint density at radius 2 is 1.57 bits per heavy atom. The largest absolute Gasteiger partial charge is 0.503 e. The van der Waals surface area contributed by atoms with Crippen molar-refractivity contribution in [2.24, 2.45) is 0 Å². The third kappa shape index (κ3) is 6.87. The number of rotatable bonds is 4. The number of carbonyl (C=O) groups is 1. The standard InChI is InChI=1S/C14H22N2O2S.CH2O3/c1-16(2)13-8-10-14(11-9-13)19(17,18)15-12-6-4-3-5-7-12;2-1(3)4/h8-12,15H,3-7H2,1-2H3;(H2,2,3,4). The molecule has 0 radical (unpaired) electrons. The first kappa shape index (κ1) is 19.2. The van der Waals surface area contributed by atoms with Gasteiger partial charge in [-0.1, -0.05) is 19.3 Å². The third-order valence-corrected chi connectivity index (χ3v) is 5.13. The van der Waals surface area contributed by atoms with E-state index in [0.29, 0.717) is 4.90 Å². The smallest absolute Gasteiger partial charge is 0.450 e. The predicted octanol–water partition coefficient (Wildman–Crippen LogP) is 2.59. The summed E-state index contributed by atoms with van der Waals surface area (Å²) in [6, 6.07) is 7.10. The van der Waals surface area contributed by atoms with Crippen LogP contribution in [-0.2, 0) is 10.0 Å². The Balaban J connectivity index is 0.000000593. The number of hydrogen-bond acceptors (Lipinski definition) is 4. The lowest BCUT2D eigenvalue weighted by Crippen LogP contribution is -2.36. The first-order valence-corrected chi connectivity index (χ1v) is 8.92. The SMILES string of the molecule is CN(C)c1ccc(S(=O)(=O)NC2CCCCC2)cc1.O=C(O)O. The molecular weight excluding hydrogens is 320 g/mol. The monoisotopic (exact) mass is 344 g/mol. The molecule has 130 valence electrons. The fraction of sp³-hybridized carbons (Fsp3) is 0.533. The zero-order valence-electron chi connectivity index (χ0n) is 13.4. The normalized spacial score (nSPS) is 15.4. The van der Waals surface area contributed by atoms with Crippen LogP contribution in [0.3, 0.4) is 0 Å². The van der Waals surface area contributed by atoms with E-state index in [4.69, 9.17) is 15.0 Å². The van der Waals surface area contributed by atoms with Gasteiger partial charge in [0.1, 0.15) is 0 Å². The van der Waals surface area contributed by atoms with Gasteiger partial charge in [0.2, 0.25) is 10.0 Å². The molecule has 0 amide bonds. The van der Waals surface area contributed by atoms with E-state index >= 15 is 0 Å². The lowest BCUT2D eigenvalue weighted by atomic mass is 9.96. The number of nitrogens with one attached hydrogen (secondary N) is 1. The van der Waals surface area contributed by atoms with Crippen LogP contribution in [0.25, 0.3) is 0 Å².